The summed E-state index contributed by atoms with van der Waals surface area (Å²) in [6.45, 7) is 0.0450. The Morgan fingerprint density at radius 1 is 1.17 bits per heavy atom. The third kappa shape index (κ3) is 4.40. The minimum atomic E-state index is -0.658. The van der Waals surface area contributed by atoms with E-state index < -0.39 is 29.4 Å². The van der Waals surface area contributed by atoms with Gasteiger partial charge in [0.2, 0.25) is 0 Å². The molecule has 3 aromatic rings. The standard InChI is InChI=1S/C26H22N4O6/c31-22(29-12-11-27-26(29)33)15-36-25(32)23-19-8-1-2-10-21(19)28-24-17(6-4-9-20(23)24)13-16-5-3-7-18(14-16)30(34)35/h1-3,5,7-8,10,13-14H,4,6,9,11-12,15H2,(H,27,33)/b17-13+. The number of amides is 3. The number of urea groups is 1. The van der Waals surface area contributed by atoms with Crippen LogP contribution in [-0.4, -0.2) is 52.4 Å². The van der Waals surface area contributed by atoms with Crippen LogP contribution < -0.4 is 5.32 Å². The molecule has 0 saturated carbocycles. The third-order valence-electron chi connectivity index (χ3n) is 6.28. The van der Waals surface area contributed by atoms with E-state index in [1.54, 1.807) is 30.3 Å². The Morgan fingerprint density at radius 3 is 2.78 bits per heavy atom. The van der Waals surface area contributed by atoms with Crippen LogP contribution in [0, 0.1) is 10.1 Å². The molecule has 2 aromatic carbocycles. The Hall–Kier alpha value is -4.60. The Morgan fingerprint density at radius 2 is 2.00 bits per heavy atom. The van der Waals surface area contributed by atoms with Crippen LogP contribution in [0.1, 0.15) is 40.0 Å². The number of ether oxygens (including phenoxy) is 1. The summed E-state index contributed by atoms with van der Waals surface area (Å²) in [6, 6.07) is 13.0. The fraction of sp³-hybridized carbons (Fsp3) is 0.231. The van der Waals surface area contributed by atoms with Crippen molar-refractivity contribution in [1.29, 1.82) is 0 Å². The van der Waals surface area contributed by atoms with E-state index in [-0.39, 0.29) is 12.2 Å². The van der Waals surface area contributed by atoms with Gasteiger partial charge < -0.3 is 10.1 Å². The number of aromatic nitrogens is 1. The smallest absolute Gasteiger partial charge is 0.339 e. The Kier molecular flexibility index (Phi) is 6.16. The summed E-state index contributed by atoms with van der Waals surface area (Å²) in [5.74, 6) is -1.24. The molecule has 36 heavy (non-hydrogen) atoms. The second-order valence-corrected chi connectivity index (χ2v) is 8.56. The van der Waals surface area contributed by atoms with Crippen molar-refractivity contribution in [2.75, 3.05) is 19.7 Å². The SMILES string of the molecule is O=C(OCC(=O)N1CCNC1=O)c1c2c(nc3ccccc13)/C(=C/c1cccc([N+](=O)[O-])c1)CCC2. The van der Waals surface area contributed by atoms with Gasteiger partial charge in [0.15, 0.2) is 6.61 Å². The summed E-state index contributed by atoms with van der Waals surface area (Å²) in [6.07, 6.45) is 3.89. The van der Waals surface area contributed by atoms with Crippen LogP contribution in [0.2, 0.25) is 0 Å². The van der Waals surface area contributed by atoms with Gasteiger partial charge in [-0.25, -0.2) is 14.6 Å². The molecule has 3 amide bonds. The van der Waals surface area contributed by atoms with Crippen molar-refractivity contribution in [3.05, 3.63) is 81.0 Å². The number of hydrogen-bond acceptors (Lipinski definition) is 7. The summed E-state index contributed by atoms with van der Waals surface area (Å²) in [5.41, 5.74) is 3.82. The number of non-ortho nitro benzene ring substituents is 1. The number of nitrogens with one attached hydrogen (secondary N) is 1. The number of hydrogen-bond donors (Lipinski definition) is 1. The van der Waals surface area contributed by atoms with E-state index in [1.165, 1.54) is 12.1 Å². The molecule has 5 rings (SSSR count). The quantitative estimate of drug-likeness (QED) is 0.330. The van der Waals surface area contributed by atoms with Crippen molar-refractivity contribution >= 4 is 46.1 Å². The lowest BCUT2D eigenvalue weighted by atomic mass is 9.86. The molecule has 1 fully saturated rings. The molecule has 0 radical (unpaired) electrons. The van der Waals surface area contributed by atoms with E-state index >= 15 is 0 Å². The lowest BCUT2D eigenvalue weighted by molar-refractivity contribution is -0.384. The number of benzene rings is 2. The first-order valence-electron chi connectivity index (χ1n) is 11.5. The zero-order valence-electron chi connectivity index (χ0n) is 19.2. The van der Waals surface area contributed by atoms with Gasteiger partial charge in [-0.3, -0.25) is 19.8 Å². The van der Waals surface area contributed by atoms with Crippen LogP contribution in [0.15, 0.2) is 48.5 Å². The number of esters is 1. The molecule has 10 nitrogen and oxygen atoms in total. The van der Waals surface area contributed by atoms with Gasteiger partial charge in [0.1, 0.15) is 0 Å². The topological polar surface area (TPSA) is 132 Å². The number of imide groups is 1. The summed E-state index contributed by atoms with van der Waals surface area (Å²) in [7, 11) is 0. The largest absolute Gasteiger partial charge is 0.452 e. The minimum absolute atomic E-state index is 0.00697. The molecule has 1 N–H and O–H groups in total. The van der Waals surface area contributed by atoms with Gasteiger partial charge in [-0.2, -0.15) is 0 Å². The van der Waals surface area contributed by atoms with E-state index in [1.807, 2.05) is 12.1 Å². The first kappa shape index (κ1) is 23.2. The Bertz CT molecular complexity index is 1450. The molecule has 182 valence electrons. The molecular weight excluding hydrogens is 464 g/mol. The number of para-hydroxylation sites is 1. The van der Waals surface area contributed by atoms with Crippen LogP contribution in [0.25, 0.3) is 22.6 Å². The van der Waals surface area contributed by atoms with Gasteiger partial charge in [0.05, 0.1) is 21.7 Å². The first-order chi connectivity index (χ1) is 17.4. The highest BCUT2D eigenvalue weighted by atomic mass is 16.6. The number of pyridine rings is 1. The molecular formula is C26H22N4O6. The molecule has 1 aliphatic heterocycles. The Balaban J connectivity index is 1.52. The molecule has 0 unspecified atom stereocenters. The van der Waals surface area contributed by atoms with Gasteiger partial charge in [0, 0.05) is 30.6 Å². The van der Waals surface area contributed by atoms with E-state index in [0.29, 0.717) is 52.7 Å². The number of nitro groups is 1. The van der Waals surface area contributed by atoms with Gasteiger partial charge in [-0.1, -0.05) is 30.3 Å². The van der Waals surface area contributed by atoms with E-state index in [0.717, 1.165) is 16.9 Å². The average molecular weight is 486 g/mol. The first-order valence-corrected chi connectivity index (χ1v) is 11.5. The highest BCUT2D eigenvalue weighted by Crippen LogP contribution is 2.36. The van der Waals surface area contributed by atoms with Gasteiger partial charge in [-0.05, 0) is 48.1 Å². The summed E-state index contributed by atoms with van der Waals surface area (Å²) in [4.78, 5) is 54.0. The van der Waals surface area contributed by atoms with Crippen LogP contribution >= 0.6 is 0 Å². The second-order valence-electron chi connectivity index (χ2n) is 8.56. The molecule has 1 aliphatic carbocycles. The number of fused-ring (bicyclic) bond motifs is 2. The summed E-state index contributed by atoms with van der Waals surface area (Å²) < 4.78 is 5.39. The van der Waals surface area contributed by atoms with Crippen molar-refractivity contribution in [2.45, 2.75) is 19.3 Å². The lowest BCUT2D eigenvalue weighted by Crippen LogP contribution is -2.37. The zero-order chi connectivity index (χ0) is 25.2. The number of allylic oxidation sites excluding steroid dienone is 1. The highest BCUT2D eigenvalue weighted by Gasteiger charge is 2.29. The average Bonchev–Trinajstić information content (AvgIpc) is 3.32. The lowest BCUT2D eigenvalue weighted by Gasteiger charge is -2.22. The molecule has 1 aromatic heterocycles. The number of carbonyl (C=O) groups excluding carboxylic acids is 3. The fourth-order valence-electron chi connectivity index (χ4n) is 4.62. The predicted molar refractivity (Wildman–Crippen MR) is 131 cm³/mol. The second kappa shape index (κ2) is 9.57. The fourth-order valence-corrected chi connectivity index (χ4v) is 4.62. The maximum absolute atomic E-state index is 13.3. The van der Waals surface area contributed by atoms with Gasteiger partial charge in [-0.15, -0.1) is 0 Å². The molecule has 0 spiro atoms. The molecule has 10 heteroatoms. The van der Waals surface area contributed by atoms with E-state index in [2.05, 4.69) is 5.32 Å². The molecule has 2 heterocycles. The van der Waals surface area contributed by atoms with Crippen LogP contribution in [-0.2, 0) is 16.0 Å². The third-order valence-corrected chi connectivity index (χ3v) is 6.28. The number of nitro benzene ring substituents is 1. The molecule has 2 aliphatic rings. The van der Waals surface area contributed by atoms with E-state index in [4.69, 9.17) is 9.72 Å². The van der Waals surface area contributed by atoms with Crippen molar-refractivity contribution in [2.24, 2.45) is 0 Å². The molecule has 1 saturated heterocycles. The minimum Gasteiger partial charge on any atom is -0.452 e. The monoisotopic (exact) mass is 486 g/mol. The van der Waals surface area contributed by atoms with Gasteiger partial charge in [0.25, 0.3) is 11.6 Å². The van der Waals surface area contributed by atoms with Crippen molar-refractivity contribution < 1.29 is 24.0 Å². The summed E-state index contributed by atoms with van der Waals surface area (Å²) >= 11 is 0. The Labute approximate surface area is 205 Å². The van der Waals surface area contributed by atoms with Crippen LogP contribution in [0.5, 0.6) is 0 Å². The maximum atomic E-state index is 13.3. The molecule has 0 atom stereocenters. The van der Waals surface area contributed by atoms with E-state index in [9.17, 15) is 24.5 Å². The molecule has 0 bridgehead atoms. The van der Waals surface area contributed by atoms with Crippen LogP contribution in [0.3, 0.4) is 0 Å². The van der Waals surface area contributed by atoms with Crippen molar-refractivity contribution in [3.8, 4) is 0 Å². The van der Waals surface area contributed by atoms with Gasteiger partial charge >= 0.3 is 12.0 Å². The zero-order valence-corrected chi connectivity index (χ0v) is 19.2. The number of nitrogens with zero attached hydrogens (tertiary/aromatic N) is 3. The van der Waals surface area contributed by atoms with Crippen molar-refractivity contribution in [3.63, 3.8) is 0 Å². The maximum Gasteiger partial charge on any atom is 0.339 e. The number of carbonyl (C=O) groups is 3. The number of rotatable bonds is 5. The van der Waals surface area contributed by atoms with Crippen LogP contribution in [0.4, 0.5) is 10.5 Å². The normalized spacial score (nSPS) is 16.1. The highest BCUT2D eigenvalue weighted by molar-refractivity contribution is 6.07. The summed E-state index contributed by atoms with van der Waals surface area (Å²) in [5, 5.41) is 14.4. The van der Waals surface area contributed by atoms with Crippen molar-refractivity contribution in [1.82, 2.24) is 15.2 Å². The predicted octanol–water partition coefficient (Wildman–Crippen LogP) is 3.73.